The molecule has 1 atom stereocenters. The summed E-state index contributed by atoms with van der Waals surface area (Å²) in [6.07, 6.45) is 1.75. The van der Waals surface area contributed by atoms with Gasteiger partial charge in [-0.2, -0.15) is 4.98 Å². The molecule has 3 heterocycles. The minimum Gasteiger partial charge on any atom is -0.341 e. The summed E-state index contributed by atoms with van der Waals surface area (Å²) in [5, 5.41) is 4.07. The van der Waals surface area contributed by atoms with Crippen LogP contribution in [0.1, 0.15) is 57.3 Å². The third-order valence-corrected chi connectivity index (χ3v) is 5.14. The molecule has 1 amide bonds. The highest BCUT2D eigenvalue weighted by molar-refractivity contribution is 5.78. The van der Waals surface area contributed by atoms with Crippen molar-refractivity contribution in [1.29, 1.82) is 0 Å². The van der Waals surface area contributed by atoms with E-state index in [2.05, 4.69) is 40.7 Å². The van der Waals surface area contributed by atoms with Crippen molar-refractivity contribution >= 4 is 5.91 Å². The number of aromatic nitrogens is 2. The average molecular weight is 335 g/mol. The molecule has 2 aliphatic heterocycles. The van der Waals surface area contributed by atoms with E-state index >= 15 is 0 Å². The summed E-state index contributed by atoms with van der Waals surface area (Å²) in [7, 11) is 0. The first kappa shape index (κ1) is 17.4. The molecule has 0 saturated carbocycles. The van der Waals surface area contributed by atoms with Crippen molar-refractivity contribution in [3.8, 4) is 0 Å². The van der Waals surface area contributed by atoms with E-state index in [4.69, 9.17) is 4.52 Å². The lowest BCUT2D eigenvalue weighted by Gasteiger charge is -2.37. The van der Waals surface area contributed by atoms with E-state index in [1.54, 1.807) is 0 Å². The Morgan fingerprint density at radius 2 is 1.83 bits per heavy atom. The summed E-state index contributed by atoms with van der Waals surface area (Å²) >= 11 is 0. The van der Waals surface area contributed by atoms with Gasteiger partial charge >= 0.3 is 0 Å². The molecular formula is C17H29N5O2. The molecule has 0 radical (unpaired) electrons. The van der Waals surface area contributed by atoms with Gasteiger partial charge in [0, 0.05) is 58.2 Å². The van der Waals surface area contributed by atoms with Crippen LogP contribution in [0.5, 0.6) is 0 Å². The number of nitrogens with zero attached hydrogens (tertiary/aromatic N) is 5. The summed E-state index contributed by atoms with van der Waals surface area (Å²) in [5.41, 5.74) is 0. The van der Waals surface area contributed by atoms with Gasteiger partial charge in [0.25, 0.3) is 0 Å². The van der Waals surface area contributed by atoms with Crippen LogP contribution in [-0.2, 0) is 4.79 Å². The van der Waals surface area contributed by atoms with Gasteiger partial charge in [-0.05, 0) is 13.3 Å². The minimum absolute atomic E-state index is 0.160. The molecule has 0 aromatic carbocycles. The van der Waals surface area contributed by atoms with Crippen LogP contribution < -0.4 is 0 Å². The van der Waals surface area contributed by atoms with Crippen LogP contribution >= 0.6 is 0 Å². The number of piperazine rings is 1. The predicted octanol–water partition coefficient (Wildman–Crippen LogP) is 1.49. The normalized spacial score (nSPS) is 21.8. The van der Waals surface area contributed by atoms with Crippen LogP contribution in [0.2, 0.25) is 0 Å². The molecule has 0 aliphatic carbocycles. The Balaban J connectivity index is 1.44. The third-order valence-electron chi connectivity index (χ3n) is 5.14. The van der Waals surface area contributed by atoms with E-state index in [1.807, 2.05) is 4.90 Å². The van der Waals surface area contributed by atoms with Crippen molar-refractivity contribution in [1.82, 2.24) is 24.8 Å². The van der Waals surface area contributed by atoms with E-state index in [9.17, 15) is 4.79 Å². The van der Waals surface area contributed by atoms with E-state index in [1.165, 1.54) is 0 Å². The number of rotatable bonds is 6. The summed E-state index contributed by atoms with van der Waals surface area (Å²) in [6.45, 7) is 13.1. The lowest BCUT2D eigenvalue weighted by molar-refractivity contribution is -0.127. The lowest BCUT2D eigenvalue weighted by Crippen LogP contribution is -2.49. The fourth-order valence-electron chi connectivity index (χ4n) is 3.38. The van der Waals surface area contributed by atoms with Crippen LogP contribution in [0.25, 0.3) is 0 Å². The van der Waals surface area contributed by atoms with Crippen molar-refractivity contribution in [3.63, 3.8) is 0 Å². The van der Waals surface area contributed by atoms with Gasteiger partial charge in [0.1, 0.15) is 0 Å². The molecule has 3 rings (SSSR count). The molecule has 24 heavy (non-hydrogen) atoms. The second-order valence-corrected chi connectivity index (χ2v) is 7.18. The minimum atomic E-state index is 0.160. The number of hydrogen-bond donors (Lipinski definition) is 0. The van der Waals surface area contributed by atoms with Crippen molar-refractivity contribution in [3.05, 3.63) is 11.7 Å². The Hall–Kier alpha value is -1.47. The molecular weight excluding hydrogens is 306 g/mol. The zero-order valence-electron chi connectivity index (χ0n) is 15.1. The fourth-order valence-corrected chi connectivity index (χ4v) is 3.38. The SMILES string of the molecule is CC(C)c1noc(C(C)N2CCN(CCN3CCCC3=O)CC2)n1. The Morgan fingerprint density at radius 1 is 1.08 bits per heavy atom. The first-order valence-corrected chi connectivity index (χ1v) is 9.12. The summed E-state index contributed by atoms with van der Waals surface area (Å²) in [5.74, 6) is 2.11. The molecule has 2 aliphatic rings. The van der Waals surface area contributed by atoms with Gasteiger partial charge in [0.2, 0.25) is 11.8 Å². The number of carbonyl (C=O) groups is 1. The van der Waals surface area contributed by atoms with Gasteiger partial charge < -0.3 is 9.42 Å². The summed E-state index contributed by atoms with van der Waals surface area (Å²) < 4.78 is 5.43. The van der Waals surface area contributed by atoms with Crippen LogP contribution in [-0.4, -0.2) is 76.6 Å². The summed E-state index contributed by atoms with van der Waals surface area (Å²) in [4.78, 5) is 23.0. The maximum absolute atomic E-state index is 11.7. The Labute approximate surface area is 144 Å². The van der Waals surface area contributed by atoms with Crippen LogP contribution in [0.3, 0.4) is 0 Å². The van der Waals surface area contributed by atoms with E-state index < -0.39 is 0 Å². The topological polar surface area (TPSA) is 65.7 Å². The molecule has 2 fully saturated rings. The van der Waals surface area contributed by atoms with Crippen LogP contribution in [0.4, 0.5) is 0 Å². The Kier molecular flexibility index (Phi) is 5.50. The monoisotopic (exact) mass is 335 g/mol. The number of hydrogen-bond acceptors (Lipinski definition) is 6. The van der Waals surface area contributed by atoms with Gasteiger partial charge in [0.05, 0.1) is 6.04 Å². The van der Waals surface area contributed by atoms with Gasteiger partial charge in [-0.15, -0.1) is 0 Å². The molecule has 0 bridgehead atoms. The third kappa shape index (κ3) is 3.95. The zero-order chi connectivity index (χ0) is 17.1. The lowest BCUT2D eigenvalue weighted by atomic mass is 10.2. The highest BCUT2D eigenvalue weighted by Gasteiger charge is 2.27. The maximum atomic E-state index is 11.7. The second kappa shape index (κ2) is 7.61. The van der Waals surface area contributed by atoms with E-state index in [0.29, 0.717) is 11.8 Å². The molecule has 2 saturated heterocycles. The quantitative estimate of drug-likeness (QED) is 0.785. The molecule has 1 unspecified atom stereocenters. The molecule has 7 nitrogen and oxygen atoms in total. The number of carbonyl (C=O) groups excluding carboxylic acids is 1. The zero-order valence-corrected chi connectivity index (χ0v) is 15.1. The highest BCUT2D eigenvalue weighted by atomic mass is 16.5. The standard InChI is InChI=1S/C17H29N5O2/c1-13(2)16-18-17(24-19-16)14(3)21-10-7-20(8-11-21)9-12-22-6-4-5-15(22)23/h13-14H,4-12H2,1-3H3. The first-order valence-electron chi connectivity index (χ1n) is 9.12. The van der Waals surface area contributed by atoms with Crippen LogP contribution in [0.15, 0.2) is 4.52 Å². The van der Waals surface area contributed by atoms with E-state index in [-0.39, 0.29) is 6.04 Å². The predicted molar refractivity (Wildman–Crippen MR) is 90.6 cm³/mol. The molecule has 7 heteroatoms. The molecule has 0 N–H and O–H groups in total. The van der Waals surface area contributed by atoms with E-state index in [0.717, 1.165) is 70.4 Å². The second-order valence-electron chi connectivity index (χ2n) is 7.18. The van der Waals surface area contributed by atoms with Crippen molar-refractivity contribution < 1.29 is 9.32 Å². The molecule has 0 spiro atoms. The van der Waals surface area contributed by atoms with Gasteiger partial charge in [-0.1, -0.05) is 19.0 Å². The fraction of sp³-hybridized carbons (Fsp3) is 0.824. The van der Waals surface area contributed by atoms with Gasteiger partial charge in [-0.3, -0.25) is 14.6 Å². The number of amides is 1. The number of likely N-dealkylation sites (tertiary alicyclic amines) is 1. The van der Waals surface area contributed by atoms with Gasteiger partial charge in [0.15, 0.2) is 5.82 Å². The average Bonchev–Trinajstić information content (AvgIpc) is 3.22. The van der Waals surface area contributed by atoms with Crippen molar-refractivity contribution in [2.45, 2.75) is 45.6 Å². The Morgan fingerprint density at radius 3 is 2.42 bits per heavy atom. The van der Waals surface area contributed by atoms with Crippen molar-refractivity contribution in [2.75, 3.05) is 45.8 Å². The molecule has 134 valence electrons. The highest BCUT2D eigenvalue weighted by Crippen LogP contribution is 2.22. The van der Waals surface area contributed by atoms with Gasteiger partial charge in [-0.25, -0.2) is 0 Å². The van der Waals surface area contributed by atoms with Crippen molar-refractivity contribution in [2.24, 2.45) is 0 Å². The molecule has 1 aromatic rings. The molecule has 1 aromatic heterocycles. The largest absolute Gasteiger partial charge is 0.341 e. The first-order chi connectivity index (χ1) is 11.5. The Bertz CT molecular complexity index is 551. The smallest absolute Gasteiger partial charge is 0.243 e. The summed E-state index contributed by atoms with van der Waals surface area (Å²) in [6, 6.07) is 0.160. The maximum Gasteiger partial charge on any atom is 0.243 e. The van der Waals surface area contributed by atoms with Crippen LogP contribution in [0, 0.1) is 0 Å².